The second-order valence-corrected chi connectivity index (χ2v) is 7.42. The summed E-state index contributed by atoms with van der Waals surface area (Å²) in [5.41, 5.74) is 3.22. The van der Waals surface area contributed by atoms with Crippen molar-refractivity contribution >= 4 is 5.91 Å². The van der Waals surface area contributed by atoms with E-state index in [4.69, 9.17) is 9.15 Å². The van der Waals surface area contributed by atoms with Gasteiger partial charge in [0.05, 0.1) is 12.3 Å². The third kappa shape index (κ3) is 5.23. The van der Waals surface area contributed by atoms with Gasteiger partial charge in [-0.15, -0.1) is 0 Å². The van der Waals surface area contributed by atoms with E-state index in [0.29, 0.717) is 18.9 Å². The van der Waals surface area contributed by atoms with E-state index < -0.39 is 0 Å². The fourth-order valence-corrected chi connectivity index (χ4v) is 3.47. The molecule has 1 amide bonds. The molecule has 156 valence electrons. The van der Waals surface area contributed by atoms with Crippen LogP contribution in [0.2, 0.25) is 0 Å². The molecule has 31 heavy (non-hydrogen) atoms. The third-order valence-electron chi connectivity index (χ3n) is 5.27. The molecule has 0 aliphatic rings. The van der Waals surface area contributed by atoms with Gasteiger partial charge in [0, 0.05) is 6.54 Å². The van der Waals surface area contributed by atoms with Gasteiger partial charge in [-0.3, -0.25) is 4.79 Å². The lowest BCUT2D eigenvalue weighted by Crippen LogP contribution is -2.33. The maximum atomic E-state index is 13.2. The number of furan rings is 1. The van der Waals surface area contributed by atoms with Crippen LogP contribution in [0, 0.1) is 0 Å². The topological polar surface area (TPSA) is 42.7 Å². The Morgan fingerprint density at radius 2 is 1.52 bits per heavy atom. The van der Waals surface area contributed by atoms with Crippen LogP contribution in [0.1, 0.15) is 40.2 Å². The highest BCUT2D eigenvalue weighted by molar-refractivity contribution is 5.91. The first-order valence-electron chi connectivity index (χ1n) is 10.4. The summed E-state index contributed by atoms with van der Waals surface area (Å²) in [6.45, 7) is 3.02. The van der Waals surface area contributed by atoms with E-state index in [1.165, 1.54) is 6.26 Å². The van der Waals surface area contributed by atoms with Gasteiger partial charge in [-0.2, -0.15) is 0 Å². The van der Waals surface area contributed by atoms with Crippen molar-refractivity contribution in [1.29, 1.82) is 0 Å². The molecule has 0 spiro atoms. The summed E-state index contributed by atoms with van der Waals surface area (Å²) in [5.74, 6) is 1.00. The van der Waals surface area contributed by atoms with Gasteiger partial charge < -0.3 is 14.1 Å². The van der Waals surface area contributed by atoms with E-state index in [-0.39, 0.29) is 11.9 Å². The molecule has 0 saturated carbocycles. The van der Waals surface area contributed by atoms with Crippen LogP contribution in [0.4, 0.5) is 0 Å². The zero-order valence-electron chi connectivity index (χ0n) is 17.5. The summed E-state index contributed by atoms with van der Waals surface area (Å²) in [6, 6.07) is 31.3. The Bertz CT molecular complexity index is 1070. The maximum absolute atomic E-state index is 13.2. The number of rotatable bonds is 8. The molecule has 0 radical (unpaired) electrons. The van der Waals surface area contributed by atoms with Crippen LogP contribution in [-0.4, -0.2) is 10.8 Å². The van der Waals surface area contributed by atoms with Gasteiger partial charge in [0.25, 0.3) is 5.91 Å². The summed E-state index contributed by atoms with van der Waals surface area (Å²) >= 11 is 0. The minimum atomic E-state index is -0.134. The second-order valence-electron chi connectivity index (χ2n) is 7.42. The van der Waals surface area contributed by atoms with Crippen molar-refractivity contribution in [2.24, 2.45) is 0 Å². The lowest BCUT2D eigenvalue weighted by atomic mass is 10.1. The maximum Gasteiger partial charge on any atom is 0.290 e. The molecule has 1 atom stereocenters. The Balaban J connectivity index is 1.49. The molecule has 1 heterocycles. The average Bonchev–Trinajstić information content (AvgIpc) is 3.37. The van der Waals surface area contributed by atoms with E-state index >= 15 is 0 Å². The minimum Gasteiger partial charge on any atom is -0.489 e. The first-order chi connectivity index (χ1) is 15.2. The van der Waals surface area contributed by atoms with Crippen molar-refractivity contribution in [2.75, 3.05) is 0 Å². The van der Waals surface area contributed by atoms with Gasteiger partial charge in [-0.25, -0.2) is 0 Å². The van der Waals surface area contributed by atoms with E-state index in [2.05, 4.69) is 0 Å². The molecule has 4 heteroatoms. The monoisotopic (exact) mass is 411 g/mol. The van der Waals surface area contributed by atoms with Crippen LogP contribution in [0.25, 0.3) is 0 Å². The SMILES string of the molecule is CC(c1ccccc1)N(Cc1ccc(OCc2ccccc2)cc1)C(=O)c1ccco1. The molecule has 0 N–H and O–H groups in total. The lowest BCUT2D eigenvalue weighted by Gasteiger charge is -2.29. The Kier molecular flexibility index (Phi) is 6.48. The number of amides is 1. The standard InChI is InChI=1S/C27H25NO3/c1-21(24-11-6-3-7-12-24)28(27(29)26-13-8-18-30-26)19-22-14-16-25(17-15-22)31-20-23-9-4-2-5-10-23/h2-18,21H,19-20H2,1H3. The van der Waals surface area contributed by atoms with Gasteiger partial charge in [0.2, 0.25) is 0 Å². The van der Waals surface area contributed by atoms with Crippen LogP contribution in [0.15, 0.2) is 108 Å². The molecule has 0 bridgehead atoms. The van der Waals surface area contributed by atoms with Gasteiger partial charge in [-0.1, -0.05) is 72.8 Å². The molecule has 4 aromatic rings. The smallest absolute Gasteiger partial charge is 0.290 e. The van der Waals surface area contributed by atoms with Crippen LogP contribution < -0.4 is 4.74 Å². The van der Waals surface area contributed by atoms with Crippen molar-refractivity contribution < 1.29 is 13.9 Å². The summed E-state index contributed by atoms with van der Waals surface area (Å²) in [4.78, 5) is 15.0. The zero-order valence-corrected chi connectivity index (χ0v) is 17.5. The number of hydrogen-bond donors (Lipinski definition) is 0. The summed E-state index contributed by atoms with van der Waals surface area (Å²) in [5, 5.41) is 0. The van der Waals surface area contributed by atoms with Gasteiger partial charge in [0.1, 0.15) is 12.4 Å². The number of carbonyl (C=O) groups excluding carboxylic acids is 1. The van der Waals surface area contributed by atoms with E-state index in [1.807, 2.05) is 96.8 Å². The lowest BCUT2D eigenvalue weighted by molar-refractivity contribution is 0.0641. The number of carbonyl (C=O) groups is 1. The fourth-order valence-electron chi connectivity index (χ4n) is 3.47. The number of ether oxygens (including phenoxy) is 1. The number of hydrogen-bond acceptors (Lipinski definition) is 3. The molecule has 0 saturated heterocycles. The van der Waals surface area contributed by atoms with Crippen molar-refractivity contribution in [2.45, 2.75) is 26.1 Å². The fraction of sp³-hybridized carbons (Fsp3) is 0.148. The summed E-state index contributed by atoms with van der Waals surface area (Å²) < 4.78 is 11.3. The van der Waals surface area contributed by atoms with E-state index in [1.54, 1.807) is 12.1 Å². The molecule has 4 rings (SSSR count). The highest BCUT2D eigenvalue weighted by atomic mass is 16.5. The molecule has 0 aliphatic carbocycles. The molecule has 0 fully saturated rings. The predicted octanol–water partition coefficient (Wildman–Crippen LogP) is 6.26. The first-order valence-corrected chi connectivity index (χ1v) is 10.4. The van der Waals surface area contributed by atoms with Crippen LogP contribution in [0.3, 0.4) is 0 Å². The highest BCUT2D eigenvalue weighted by Crippen LogP contribution is 2.25. The Morgan fingerprint density at radius 1 is 0.839 bits per heavy atom. The molecule has 0 aliphatic heterocycles. The van der Waals surface area contributed by atoms with Crippen molar-refractivity contribution in [3.63, 3.8) is 0 Å². The largest absolute Gasteiger partial charge is 0.489 e. The molecule has 4 nitrogen and oxygen atoms in total. The Labute approximate surface area is 182 Å². The van der Waals surface area contributed by atoms with Gasteiger partial charge in [-0.05, 0) is 47.9 Å². The molecular formula is C27H25NO3. The Morgan fingerprint density at radius 3 is 2.16 bits per heavy atom. The Hall–Kier alpha value is -3.79. The van der Waals surface area contributed by atoms with E-state index in [0.717, 1.165) is 22.4 Å². The summed E-state index contributed by atoms with van der Waals surface area (Å²) in [7, 11) is 0. The van der Waals surface area contributed by atoms with Crippen molar-refractivity contribution in [1.82, 2.24) is 4.90 Å². The average molecular weight is 412 g/mol. The number of benzene rings is 3. The van der Waals surface area contributed by atoms with Crippen LogP contribution in [-0.2, 0) is 13.2 Å². The first kappa shape index (κ1) is 20.5. The van der Waals surface area contributed by atoms with Crippen molar-refractivity contribution in [3.05, 3.63) is 126 Å². The third-order valence-corrected chi connectivity index (χ3v) is 5.27. The predicted molar refractivity (Wildman–Crippen MR) is 121 cm³/mol. The van der Waals surface area contributed by atoms with Gasteiger partial charge in [0.15, 0.2) is 5.76 Å². The number of nitrogens with zero attached hydrogens (tertiary/aromatic N) is 1. The van der Waals surface area contributed by atoms with E-state index in [9.17, 15) is 4.79 Å². The highest BCUT2D eigenvalue weighted by Gasteiger charge is 2.24. The molecule has 1 unspecified atom stereocenters. The molecular weight excluding hydrogens is 386 g/mol. The quantitative estimate of drug-likeness (QED) is 0.344. The molecule has 1 aromatic heterocycles. The van der Waals surface area contributed by atoms with Gasteiger partial charge >= 0.3 is 0 Å². The second kappa shape index (κ2) is 9.81. The minimum absolute atomic E-state index is 0.104. The zero-order chi connectivity index (χ0) is 21.5. The van der Waals surface area contributed by atoms with Crippen LogP contribution in [0.5, 0.6) is 5.75 Å². The normalized spacial score (nSPS) is 11.6. The van der Waals surface area contributed by atoms with Crippen molar-refractivity contribution in [3.8, 4) is 5.75 Å². The summed E-state index contributed by atoms with van der Waals surface area (Å²) in [6.07, 6.45) is 1.53. The molecule has 3 aromatic carbocycles. The van der Waals surface area contributed by atoms with Crippen LogP contribution >= 0.6 is 0 Å².